The lowest BCUT2D eigenvalue weighted by atomic mass is 10.1. The summed E-state index contributed by atoms with van der Waals surface area (Å²) >= 11 is 0. The van der Waals surface area contributed by atoms with E-state index in [1.807, 2.05) is 0 Å². The maximum absolute atomic E-state index is 12.3. The summed E-state index contributed by atoms with van der Waals surface area (Å²) in [5.74, 6) is -0.438. The molecule has 0 bridgehead atoms. The van der Waals surface area contributed by atoms with Gasteiger partial charge in [-0.25, -0.2) is 0 Å². The van der Waals surface area contributed by atoms with E-state index < -0.39 is 46.4 Å². The lowest BCUT2D eigenvalue weighted by molar-refractivity contribution is -0.384. The van der Waals surface area contributed by atoms with Crippen LogP contribution in [0.2, 0.25) is 0 Å². The lowest BCUT2D eigenvalue weighted by Crippen LogP contribution is -2.00. The molecule has 256 valence electrons. The van der Waals surface area contributed by atoms with Gasteiger partial charge in [-0.1, -0.05) is 18.2 Å². The molecule has 0 fully saturated rings. The molecule has 20 heteroatoms. The number of methoxy groups -OCH3 is 1. The first kappa shape index (κ1) is 35.1. The molecule has 0 amide bonds. The second-order valence-corrected chi connectivity index (χ2v) is 13.0. The zero-order chi connectivity index (χ0) is 36.4. The average Bonchev–Trinajstić information content (AvgIpc) is 3.06. The molecule has 0 saturated carbocycles. The van der Waals surface area contributed by atoms with Crippen LogP contribution >= 0.6 is 0 Å². The van der Waals surface area contributed by atoms with E-state index in [-0.39, 0.29) is 56.3 Å². The normalized spacial score (nSPS) is 12.4. The number of ether oxygens (including phenoxy) is 1. The highest BCUT2D eigenvalue weighted by molar-refractivity contribution is 7.86. The molecule has 0 atom stereocenters. The molecular weight excluding hydrogens is 697 g/mol. The van der Waals surface area contributed by atoms with Crippen LogP contribution in [0.1, 0.15) is 5.56 Å². The number of phenols is 1. The Balaban J connectivity index is 1.54. The lowest BCUT2D eigenvalue weighted by Gasteiger charge is -2.12. The highest BCUT2D eigenvalue weighted by Gasteiger charge is 2.23. The molecule has 0 heterocycles. The van der Waals surface area contributed by atoms with E-state index in [0.717, 1.165) is 6.07 Å². The Bertz CT molecular complexity index is 2490. The third kappa shape index (κ3) is 7.42. The molecule has 0 radical (unpaired) electrons. The highest BCUT2D eigenvalue weighted by atomic mass is 32.2. The number of nitrogens with zero attached hydrogens (tertiary/aromatic N) is 7. The van der Waals surface area contributed by atoms with E-state index in [0.29, 0.717) is 5.56 Å². The number of aryl methyl sites for hydroxylation is 1. The Hall–Kier alpha value is -6.22. The molecular formula is C30H24N8O10S2. The first-order valence-corrected chi connectivity index (χ1v) is 16.8. The van der Waals surface area contributed by atoms with Crippen molar-refractivity contribution in [3.05, 3.63) is 94.5 Å². The third-order valence-electron chi connectivity index (χ3n) is 7.02. The standard InChI is InChI=1S/C30H24N8O10S2/c1-16-13-23(25(48-2)14-22(16)35-33-20-5-3-4-6-26(20)49(42,43)44)36-34-21-12-11-19-27(50(45,46)47)15-24(30(39)28(19)29(21)31)37-32-17-7-9-18(10-8-17)38(40)41/h3-15,39H,31H2,1-2H3,(H,42,43,44)(H,45,46,47)/b35-33+,36-34+,37-32+. The molecule has 50 heavy (non-hydrogen) atoms. The molecule has 5 aromatic carbocycles. The minimum absolute atomic E-state index is 0.0242. The topological polar surface area (TPSA) is 282 Å². The van der Waals surface area contributed by atoms with Gasteiger partial charge in [0, 0.05) is 23.6 Å². The van der Waals surface area contributed by atoms with Crippen molar-refractivity contribution in [3.63, 3.8) is 0 Å². The van der Waals surface area contributed by atoms with Crippen molar-refractivity contribution >= 4 is 76.5 Å². The Morgan fingerprint density at radius 3 is 1.96 bits per heavy atom. The van der Waals surface area contributed by atoms with Crippen LogP contribution in [0.5, 0.6) is 11.5 Å². The van der Waals surface area contributed by atoms with Crippen LogP contribution in [0.4, 0.5) is 45.5 Å². The van der Waals surface area contributed by atoms with Crippen LogP contribution in [-0.2, 0) is 20.2 Å². The summed E-state index contributed by atoms with van der Waals surface area (Å²) < 4.78 is 72.8. The number of nitro benzene ring substituents is 1. The Morgan fingerprint density at radius 1 is 0.720 bits per heavy atom. The molecule has 5 rings (SSSR count). The Labute approximate surface area is 283 Å². The van der Waals surface area contributed by atoms with Gasteiger partial charge in [-0.2, -0.15) is 27.1 Å². The molecule has 0 spiro atoms. The number of hydrogen-bond donors (Lipinski definition) is 4. The quantitative estimate of drug-likeness (QED) is 0.0351. The largest absolute Gasteiger partial charge is 0.505 e. The van der Waals surface area contributed by atoms with E-state index in [2.05, 4.69) is 30.7 Å². The highest BCUT2D eigenvalue weighted by Crippen LogP contribution is 2.46. The van der Waals surface area contributed by atoms with E-state index in [1.165, 1.54) is 79.9 Å². The minimum atomic E-state index is -4.87. The number of phenolic OH excluding ortho intramolecular Hbond substituents is 1. The van der Waals surface area contributed by atoms with Crippen molar-refractivity contribution in [3.8, 4) is 11.5 Å². The zero-order valence-corrected chi connectivity index (χ0v) is 27.4. The number of nitrogens with two attached hydrogens (primary N) is 1. The average molecular weight is 721 g/mol. The maximum Gasteiger partial charge on any atom is 0.296 e. The number of anilines is 1. The van der Waals surface area contributed by atoms with E-state index in [4.69, 9.17) is 10.5 Å². The van der Waals surface area contributed by atoms with Crippen molar-refractivity contribution in [2.45, 2.75) is 16.7 Å². The fourth-order valence-corrected chi connectivity index (χ4v) is 5.91. The van der Waals surface area contributed by atoms with Crippen molar-refractivity contribution < 1.29 is 40.7 Å². The molecule has 0 aliphatic carbocycles. The van der Waals surface area contributed by atoms with Gasteiger partial charge in [0.15, 0.2) is 5.75 Å². The molecule has 0 saturated heterocycles. The van der Waals surface area contributed by atoms with Crippen molar-refractivity contribution in [1.29, 1.82) is 0 Å². The zero-order valence-electron chi connectivity index (χ0n) is 25.7. The first-order valence-electron chi connectivity index (χ1n) is 13.9. The number of hydrogen-bond acceptors (Lipinski definition) is 15. The van der Waals surface area contributed by atoms with Gasteiger partial charge in [-0.15, -0.1) is 20.5 Å². The fraction of sp³-hybridized carbons (Fsp3) is 0.0667. The van der Waals surface area contributed by atoms with Gasteiger partial charge in [-0.05, 0) is 55.0 Å². The number of fused-ring (bicyclic) bond motifs is 1. The summed E-state index contributed by atoms with van der Waals surface area (Å²) in [7, 11) is -8.08. The Kier molecular flexibility index (Phi) is 9.63. The summed E-state index contributed by atoms with van der Waals surface area (Å²) in [6.07, 6.45) is 0. The van der Waals surface area contributed by atoms with E-state index in [1.54, 1.807) is 6.92 Å². The minimum Gasteiger partial charge on any atom is -0.505 e. The van der Waals surface area contributed by atoms with Gasteiger partial charge < -0.3 is 15.6 Å². The second-order valence-electron chi connectivity index (χ2n) is 10.3. The van der Waals surface area contributed by atoms with Gasteiger partial charge in [-0.3, -0.25) is 19.2 Å². The molecule has 0 unspecified atom stereocenters. The number of nitrogen functional groups attached to an aromatic ring is 1. The summed E-state index contributed by atoms with van der Waals surface area (Å²) in [4.78, 5) is 9.24. The SMILES string of the molecule is COc1cc(/N=N/c2ccccc2S(=O)(=O)O)c(C)cc1/N=N/c1ccc2c(S(=O)(=O)O)cc(/N=N/c3ccc([N+](=O)[O-])cc3)c(O)c2c1N. The van der Waals surface area contributed by atoms with E-state index >= 15 is 0 Å². The maximum atomic E-state index is 12.3. The number of benzene rings is 5. The van der Waals surface area contributed by atoms with Crippen molar-refractivity contribution in [2.75, 3.05) is 12.8 Å². The molecule has 0 aromatic heterocycles. The van der Waals surface area contributed by atoms with Crippen LogP contribution in [0.3, 0.4) is 0 Å². The second kappa shape index (κ2) is 13.7. The van der Waals surface area contributed by atoms with Crippen LogP contribution < -0.4 is 10.5 Å². The summed E-state index contributed by atoms with van der Waals surface area (Å²) in [5.41, 5.74) is 6.49. The van der Waals surface area contributed by atoms with Gasteiger partial charge in [0.1, 0.15) is 38.3 Å². The van der Waals surface area contributed by atoms with Gasteiger partial charge >= 0.3 is 0 Å². The van der Waals surface area contributed by atoms with Crippen molar-refractivity contribution in [2.24, 2.45) is 30.7 Å². The summed E-state index contributed by atoms with van der Waals surface area (Å²) in [6.45, 7) is 1.66. The van der Waals surface area contributed by atoms with Gasteiger partial charge in [0.2, 0.25) is 0 Å². The van der Waals surface area contributed by atoms with Gasteiger partial charge in [0.25, 0.3) is 25.9 Å². The smallest absolute Gasteiger partial charge is 0.296 e. The fourth-order valence-electron chi connectivity index (χ4n) is 4.58. The summed E-state index contributed by atoms with van der Waals surface area (Å²) in [5, 5.41) is 45.8. The molecule has 5 N–H and O–H groups in total. The number of aromatic hydroxyl groups is 1. The monoisotopic (exact) mass is 720 g/mol. The van der Waals surface area contributed by atoms with Crippen LogP contribution in [-0.4, -0.2) is 43.1 Å². The number of azo groups is 3. The number of nitro groups is 1. The predicted octanol–water partition coefficient (Wildman–Crippen LogP) is 8.09. The summed E-state index contributed by atoms with van der Waals surface area (Å²) in [6, 6.07) is 16.8. The predicted molar refractivity (Wildman–Crippen MR) is 179 cm³/mol. The molecule has 18 nitrogen and oxygen atoms in total. The van der Waals surface area contributed by atoms with Gasteiger partial charge in [0.05, 0.1) is 34.5 Å². The van der Waals surface area contributed by atoms with Crippen LogP contribution in [0.25, 0.3) is 10.8 Å². The van der Waals surface area contributed by atoms with Crippen LogP contribution in [0.15, 0.2) is 119 Å². The number of non-ortho nitro benzene ring substituents is 1. The first-order chi connectivity index (χ1) is 23.6. The van der Waals surface area contributed by atoms with Crippen LogP contribution in [0, 0.1) is 17.0 Å². The molecule has 0 aliphatic heterocycles. The number of rotatable bonds is 10. The third-order valence-corrected chi connectivity index (χ3v) is 8.81. The molecule has 5 aromatic rings. The molecule has 0 aliphatic rings. The van der Waals surface area contributed by atoms with Crippen molar-refractivity contribution in [1.82, 2.24) is 0 Å². The Morgan fingerprint density at radius 2 is 1.32 bits per heavy atom. The van der Waals surface area contributed by atoms with E-state index in [9.17, 15) is 41.2 Å².